The van der Waals surface area contributed by atoms with Crippen molar-refractivity contribution < 1.29 is 14.3 Å². The average molecular weight is 290 g/mol. The Morgan fingerprint density at radius 2 is 2.14 bits per heavy atom. The van der Waals surface area contributed by atoms with E-state index in [4.69, 9.17) is 4.74 Å². The van der Waals surface area contributed by atoms with Crippen molar-refractivity contribution in [3.63, 3.8) is 0 Å². The molecule has 2 fully saturated rings. The van der Waals surface area contributed by atoms with Gasteiger partial charge in [-0.05, 0) is 43.1 Å². The minimum Gasteiger partial charge on any atom is -0.466 e. The van der Waals surface area contributed by atoms with Gasteiger partial charge in [0.15, 0.2) is 5.78 Å². The lowest BCUT2D eigenvalue weighted by Gasteiger charge is -2.31. The highest BCUT2D eigenvalue weighted by Crippen LogP contribution is 2.65. The highest BCUT2D eigenvalue weighted by atomic mass is 16.5. The number of fused-ring (bicyclic) bond motifs is 2. The third-order valence-corrected chi connectivity index (χ3v) is 5.76. The van der Waals surface area contributed by atoms with Gasteiger partial charge in [-0.15, -0.1) is 6.58 Å². The van der Waals surface area contributed by atoms with E-state index in [0.29, 0.717) is 13.0 Å². The van der Waals surface area contributed by atoms with Crippen LogP contribution in [0.1, 0.15) is 47.0 Å². The Labute approximate surface area is 127 Å². The van der Waals surface area contributed by atoms with Crippen LogP contribution in [0.3, 0.4) is 0 Å². The van der Waals surface area contributed by atoms with E-state index in [9.17, 15) is 9.59 Å². The number of Topliss-reactive ketones (excluding diaryl/α,β-unsaturated/α-hetero) is 1. The van der Waals surface area contributed by atoms with E-state index < -0.39 is 0 Å². The molecule has 0 saturated heterocycles. The Bertz CT molecular complexity index is 501. The summed E-state index contributed by atoms with van der Waals surface area (Å²) < 4.78 is 5.12. The van der Waals surface area contributed by atoms with Gasteiger partial charge in [0.05, 0.1) is 12.5 Å². The molecule has 0 aliphatic heterocycles. The Hall–Kier alpha value is -1.38. The molecule has 0 aromatic rings. The maximum absolute atomic E-state index is 12.8. The SMILES string of the molecule is C=CC[C@H](/C=C1/C(=O)[C@]2(C)CC[C@H]1C2(C)C)C(=O)OCC. The zero-order chi connectivity index (χ0) is 15.8. The van der Waals surface area contributed by atoms with E-state index in [2.05, 4.69) is 27.4 Å². The molecule has 3 atom stereocenters. The molecule has 0 heterocycles. The predicted molar refractivity (Wildman–Crippen MR) is 82.6 cm³/mol. The molecule has 2 saturated carbocycles. The molecule has 0 aromatic heterocycles. The van der Waals surface area contributed by atoms with Crippen molar-refractivity contribution in [3.05, 3.63) is 24.3 Å². The summed E-state index contributed by atoms with van der Waals surface area (Å²) in [6.45, 7) is 12.3. The van der Waals surface area contributed by atoms with Crippen LogP contribution < -0.4 is 0 Å². The first kappa shape index (κ1) is 16.0. The van der Waals surface area contributed by atoms with Gasteiger partial charge < -0.3 is 4.74 Å². The van der Waals surface area contributed by atoms with Crippen molar-refractivity contribution >= 4 is 11.8 Å². The van der Waals surface area contributed by atoms with Crippen molar-refractivity contribution in [1.29, 1.82) is 0 Å². The number of rotatable bonds is 5. The number of esters is 1. The maximum Gasteiger partial charge on any atom is 0.313 e. The highest BCUT2D eigenvalue weighted by molar-refractivity contribution is 6.05. The topological polar surface area (TPSA) is 43.4 Å². The molecular formula is C18H26O3. The van der Waals surface area contributed by atoms with Crippen LogP contribution in [0.5, 0.6) is 0 Å². The van der Waals surface area contributed by atoms with Gasteiger partial charge in [-0.2, -0.15) is 0 Å². The van der Waals surface area contributed by atoms with Gasteiger partial charge in [-0.25, -0.2) is 0 Å². The summed E-state index contributed by atoms with van der Waals surface area (Å²) in [5.41, 5.74) is 0.536. The highest BCUT2D eigenvalue weighted by Gasteiger charge is 2.63. The molecule has 0 N–H and O–H groups in total. The van der Waals surface area contributed by atoms with Crippen LogP contribution in [-0.4, -0.2) is 18.4 Å². The maximum atomic E-state index is 12.8. The molecule has 0 spiro atoms. The normalized spacial score (nSPS) is 33.2. The minimum absolute atomic E-state index is 0.0245. The molecule has 0 aromatic carbocycles. The summed E-state index contributed by atoms with van der Waals surface area (Å²) in [7, 11) is 0. The number of allylic oxidation sites excluding steroid dienone is 2. The smallest absolute Gasteiger partial charge is 0.313 e. The van der Waals surface area contributed by atoms with Crippen LogP contribution in [0.15, 0.2) is 24.3 Å². The van der Waals surface area contributed by atoms with E-state index in [-0.39, 0.29) is 34.4 Å². The largest absolute Gasteiger partial charge is 0.466 e. The summed E-state index contributed by atoms with van der Waals surface area (Å²) in [5.74, 6) is -0.164. The van der Waals surface area contributed by atoms with Gasteiger partial charge in [0.25, 0.3) is 0 Å². The number of carbonyl (C=O) groups excluding carboxylic acids is 2. The first-order valence-corrected chi connectivity index (χ1v) is 7.83. The van der Waals surface area contributed by atoms with Crippen molar-refractivity contribution in [2.24, 2.45) is 22.7 Å². The number of hydrogen-bond acceptors (Lipinski definition) is 3. The van der Waals surface area contributed by atoms with Crippen molar-refractivity contribution in [2.75, 3.05) is 6.61 Å². The monoisotopic (exact) mass is 290 g/mol. The summed E-state index contributed by atoms with van der Waals surface area (Å²) in [5, 5.41) is 0. The third-order valence-electron chi connectivity index (χ3n) is 5.76. The van der Waals surface area contributed by atoms with Gasteiger partial charge in [-0.3, -0.25) is 9.59 Å². The minimum atomic E-state index is -0.389. The fraction of sp³-hybridized carbons (Fsp3) is 0.667. The van der Waals surface area contributed by atoms with Gasteiger partial charge >= 0.3 is 5.97 Å². The van der Waals surface area contributed by atoms with E-state index in [1.165, 1.54) is 0 Å². The van der Waals surface area contributed by atoms with Gasteiger partial charge in [0, 0.05) is 5.41 Å². The van der Waals surface area contributed by atoms with Crippen LogP contribution in [0.25, 0.3) is 0 Å². The second-order valence-electron chi connectivity index (χ2n) is 6.98. The van der Waals surface area contributed by atoms with Crippen LogP contribution in [0.2, 0.25) is 0 Å². The number of ether oxygens (including phenoxy) is 1. The fourth-order valence-corrected chi connectivity index (χ4v) is 4.00. The average Bonchev–Trinajstić information content (AvgIpc) is 2.72. The molecule has 2 aliphatic rings. The second kappa shape index (κ2) is 5.43. The molecule has 3 heteroatoms. The Morgan fingerprint density at radius 3 is 2.62 bits per heavy atom. The van der Waals surface area contributed by atoms with Crippen LogP contribution in [-0.2, 0) is 14.3 Å². The Morgan fingerprint density at radius 1 is 1.48 bits per heavy atom. The fourth-order valence-electron chi connectivity index (χ4n) is 4.00. The van der Waals surface area contributed by atoms with E-state index in [1.807, 2.05) is 6.08 Å². The lowest BCUT2D eigenvalue weighted by atomic mass is 9.70. The zero-order valence-corrected chi connectivity index (χ0v) is 13.6. The molecule has 2 rings (SSSR count). The van der Waals surface area contributed by atoms with E-state index in [1.54, 1.807) is 13.0 Å². The van der Waals surface area contributed by atoms with E-state index in [0.717, 1.165) is 18.4 Å². The molecular weight excluding hydrogens is 264 g/mol. The summed E-state index contributed by atoms with van der Waals surface area (Å²) >= 11 is 0. The number of hydrogen-bond donors (Lipinski definition) is 0. The summed E-state index contributed by atoms with van der Waals surface area (Å²) in [4.78, 5) is 24.8. The van der Waals surface area contributed by atoms with E-state index >= 15 is 0 Å². The Balaban J connectivity index is 2.34. The molecule has 0 amide bonds. The first-order valence-electron chi connectivity index (χ1n) is 7.83. The molecule has 3 nitrogen and oxygen atoms in total. The molecule has 0 radical (unpaired) electrons. The predicted octanol–water partition coefficient (Wildman–Crippen LogP) is 3.69. The Kier molecular flexibility index (Phi) is 4.14. The first-order chi connectivity index (χ1) is 9.79. The van der Waals surface area contributed by atoms with Gasteiger partial charge in [-0.1, -0.05) is 32.9 Å². The summed E-state index contributed by atoms with van der Waals surface area (Å²) in [6.07, 6.45) is 6.07. The van der Waals surface area contributed by atoms with Gasteiger partial charge in [0.1, 0.15) is 0 Å². The van der Waals surface area contributed by atoms with Crippen molar-refractivity contribution in [1.82, 2.24) is 0 Å². The standard InChI is InChI=1S/C18H26O3/c1-6-8-12(16(20)21-7-2)11-13-14-9-10-18(5,15(13)19)17(14,3)4/h6,11-12,14H,1,7-10H2,2-5H3/b13-11+/t12-,14-,18+/m1/s1. The lowest BCUT2D eigenvalue weighted by molar-refractivity contribution is -0.146. The third kappa shape index (κ3) is 2.27. The van der Waals surface area contributed by atoms with Crippen molar-refractivity contribution in [2.45, 2.75) is 47.0 Å². The van der Waals surface area contributed by atoms with Gasteiger partial charge in [0.2, 0.25) is 0 Å². The number of ketones is 1. The molecule has 2 aliphatic carbocycles. The molecule has 0 unspecified atom stereocenters. The zero-order valence-electron chi connectivity index (χ0n) is 13.6. The summed E-state index contributed by atoms with van der Waals surface area (Å²) in [6, 6.07) is 0. The number of carbonyl (C=O) groups is 2. The second-order valence-corrected chi connectivity index (χ2v) is 6.98. The van der Waals surface area contributed by atoms with Crippen LogP contribution >= 0.6 is 0 Å². The molecule has 21 heavy (non-hydrogen) atoms. The lowest BCUT2D eigenvalue weighted by Crippen LogP contribution is -2.32. The molecule has 2 bridgehead atoms. The van der Waals surface area contributed by atoms with Crippen molar-refractivity contribution in [3.8, 4) is 0 Å². The van der Waals surface area contributed by atoms with Crippen LogP contribution in [0, 0.1) is 22.7 Å². The van der Waals surface area contributed by atoms with Crippen LogP contribution in [0.4, 0.5) is 0 Å². The quantitative estimate of drug-likeness (QED) is 0.440. The molecule has 116 valence electrons.